The molecule has 0 amide bonds. The van der Waals surface area contributed by atoms with Crippen LogP contribution in [0.1, 0.15) is 32.8 Å². The molecule has 2 saturated carbocycles. The summed E-state index contributed by atoms with van der Waals surface area (Å²) in [6.45, 7) is 7.14. The number of fused-ring (bicyclic) bond motifs is 1. The van der Waals surface area contributed by atoms with Crippen LogP contribution in [-0.4, -0.2) is 60.6 Å². The maximum atomic E-state index is 12.6. The highest BCUT2D eigenvalue weighted by molar-refractivity contribution is 6.07. The SMILES string of the molecule is CC(C)N/C(=C\C(=N)c1cnc(N)c(OC(F)F)c1)[C@H]1[C@@H]2C[C@H](N3CCOCC3)C(C)[C@@H]21. The molecule has 1 aromatic heterocycles. The quantitative estimate of drug-likeness (QED) is 0.528. The van der Waals surface area contributed by atoms with Gasteiger partial charge in [-0.25, -0.2) is 4.98 Å². The van der Waals surface area contributed by atoms with Crippen molar-refractivity contribution in [1.82, 2.24) is 15.2 Å². The van der Waals surface area contributed by atoms with Crippen molar-refractivity contribution in [3.63, 3.8) is 0 Å². The first-order chi connectivity index (χ1) is 15.3. The predicted octanol–water partition coefficient (Wildman–Crippen LogP) is 3.12. The number of hydrogen-bond acceptors (Lipinski definition) is 7. The van der Waals surface area contributed by atoms with E-state index in [1.54, 1.807) is 0 Å². The molecule has 0 bridgehead atoms. The lowest BCUT2D eigenvalue weighted by molar-refractivity contribution is -0.0495. The van der Waals surface area contributed by atoms with E-state index in [4.69, 9.17) is 15.9 Å². The van der Waals surface area contributed by atoms with Crippen LogP contribution in [0.15, 0.2) is 24.0 Å². The summed E-state index contributed by atoms with van der Waals surface area (Å²) in [6, 6.07) is 2.17. The summed E-state index contributed by atoms with van der Waals surface area (Å²) in [5.41, 5.74) is 7.27. The Kier molecular flexibility index (Phi) is 6.67. The molecule has 1 saturated heterocycles. The molecule has 2 aliphatic carbocycles. The number of nitrogens with two attached hydrogens (primary N) is 1. The van der Waals surface area contributed by atoms with Gasteiger partial charge in [0.05, 0.1) is 18.9 Å². The van der Waals surface area contributed by atoms with Gasteiger partial charge in [-0.05, 0) is 50.2 Å². The molecule has 1 unspecified atom stereocenters. The molecule has 4 rings (SSSR count). The van der Waals surface area contributed by atoms with Crippen molar-refractivity contribution in [2.75, 3.05) is 32.0 Å². The minimum atomic E-state index is -3.00. The standard InChI is InChI=1S/C23H33F2N5O2/c1-12(2)29-17(10-16(26)14-8-19(32-23(24)25)22(27)28-11-14)21-15-9-18(13(3)20(15)21)30-4-6-31-7-5-30/h8,10-13,15,18,20-21,23,26,29H,4-7,9H2,1-3H3,(H2,27,28)/b17-10-,26-16?/t13?,15-,18+,20+,21-/m1/s1. The van der Waals surface area contributed by atoms with Crippen molar-refractivity contribution in [2.45, 2.75) is 45.9 Å². The van der Waals surface area contributed by atoms with E-state index in [0.29, 0.717) is 35.3 Å². The predicted molar refractivity (Wildman–Crippen MR) is 119 cm³/mol. The summed E-state index contributed by atoms with van der Waals surface area (Å²) >= 11 is 0. The zero-order valence-electron chi connectivity index (χ0n) is 18.9. The van der Waals surface area contributed by atoms with E-state index < -0.39 is 6.61 Å². The first-order valence-corrected chi connectivity index (χ1v) is 11.4. The number of allylic oxidation sites excluding steroid dienone is 2. The molecule has 9 heteroatoms. The van der Waals surface area contributed by atoms with Crippen molar-refractivity contribution in [3.05, 3.63) is 29.6 Å². The number of hydrogen-bond donors (Lipinski definition) is 3. The van der Waals surface area contributed by atoms with Crippen molar-refractivity contribution in [1.29, 1.82) is 5.41 Å². The number of nitrogens with zero attached hydrogens (tertiary/aromatic N) is 2. The largest absolute Gasteiger partial charge is 0.431 e. The number of nitrogens with one attached hydrogen (secondary N) is 2. The van der Waals surface area contributed by atoms with E-state index in [1.165, 1.54) is 12.3 Å². The minimum Gasteiger partial charge on any atom is -0.431 e. The van der Waals surface area contributed by atoms with Crippen LogP contribution in [0.3, 0.4) is 0 Å². The highest BCUT2D eigenvalue weighted by Crippen LogP contribution is 2.63. The number of nitrogen functional groups attached to an aromatic ring is 1. The number of aromatic nitrogens is 1. The number of morpholine rings is 1. The van der Waals surface area contributed by atoms with Crippen molar-refractivity contribution < 1.29 is 18.3 Å². The number of anilines is 1. The average molecular weight is 450 g/mol. The van der Waals surface area contributed by atoms with Crippen LogP contribution in [0.4, 0.5) is 14.6 Å². The van der Waals surface area contributed by atoms with E-state index in [1.807, 2.05) is 6.08 Å². The van der Waals surface area contributed by atoms with Crippen molar-refractivity contribution in [2.24, 2.45) is 23.7 Å². The summed E-state index contributed by atoms with van der Waals surface area (Å²) in [6.07, 6.45) is 4.40. The molecule has 4 N–H and O–H groups in total. The Balaban J connectivity index is 1.50. The van der Waals surface area contributed by atoms with Crippen LogP contribution in [0.25, 0.3) is 0 Å². The van der Waals surface area contributed by atoms with Gasteiger partial charge in [0.15, 0.2) is 11.6 Å². The van der Waals surface area contributed by atoms with Crippen LogP contribution in [0.5, 0.6) is 5.75 Å². The van der Waals surface area contributed by atoms with Gasteiger partial charge in [-0.1, -0.05) is 6.92 Å². The summed E-state index contributed by atoms with van der Waals surface area (Å²) in [5.74, 6) is 1.84. The van der Waals surface area contributed by atoms with Gasteiger partial charge in [-0.15, -0.1) is 0 Å². The van der Waals surface area contributed by atoms with E-state index >= 15 is 0 Å². The number of ether oxygens (including phenoxy) is 2. The highest BCUT2D eigenvalue weighted by Gasteiger charge is 2.62. The molecule has 0 aromatic carbocycles. The smallest absolute Gasteiger partial charge is 0.387 e. The van der Waals surface area contributed by atoms with Crippen molar-refractivity contribution in [3.8, 4) is 5.75 Å². The lowest BCUT2D eigenvalue weighted by Gasteiger charge is -2.36. The molecule has 7 nitrogen and oxygen atoms in total. The van der Waals surface area contributed by atoms with Crippen LogP contribution in [0, 0.1) is 29.1 Å². The topological polar surface area (TPSA) is 96.5 Å². The Morgan fingerprint density at radius 2 is 2.09 bits per heavy atom. The van der Waals surface area contributed by atoms with Crippen LogP contribution in [-0.2, 0) is 4.74 Å². The Labute approximate surface area is 187 Å². The van der Waals surface area contributed by atoms with Crippen molar-refractivity contribution >= 4 is 11.5 Å². The number of rotatable bonds is 8. The second kappa shape index (κ2) is 9.31. The Bertz CT molecular complexity index is 872. The molecule has 1 aromatic rings. The Morgan fingerprint density at radius 3 is 2.69 bits per heavy atom. The second-order valence-electron chi connectivity index (χ2n) is 9.38. The van der Waals surface area contributed by atoms with Gasteiger partial charge in [0, 0.05) is 48.5 Å². The molecule has 0 spiro atoms. The number of halogens is 2. The van der Waals surface area contributed by atoms with Gasteiger partial charge >= 0.3 is 6.61 Å². The van der Waals surface area contributed by atoms with Crippen LogP contribution < -0.4 is 15.8 Å². The summed E-state index contributed by atoms with van der Waals surface area (Å²) in [5, 5.41) is 12.1. The van der Waals surface area contributed by atoms with Crippen LogP contribution in [0.2, 0.25) is 0 Å². The molecule has 32 heavy (non-hydrogen) atoms. The van der Waals surface area contributed by atoms with E-state index in [0.717, 1.165) is 38.4 Å². The molecule has 0 radical (unpaired) electrons. The zero-order valence-corrected chi connectivity index (χ0v) is 18.9. The van der Waals surface area contributed by atoms with E-state index in [9.17, 15) is 8.78 Å². The summed E-state index contributed by atoms with van der Waals surface area (Å²) < 4.78 is 35.2. The van der Waals surface area contributed by atoms with Gasteiger partial charge in [0.1, 0.15) is 0 Å². The highest BCUT2D eigenvalue weighted by atomic mass is 19.3. The fraction of sp³-hybridized carbons (Fsp3) is 0.652. The van der Waals surface area contributed by atoms with E-state index in [2.05, 4.69) is 40.7 Å². The minimum absolute atomic E-state index is 0.119. The summed E-state index contributed by atoms with van der Waals surface area (Å²) in [4.78, 5) is 6.50. The Morgan fingerprint density at radius 1 is 1.38 bits per heavy atom. The molecule has 3 aliphatic rings. The normalized spacial score (nSPS) is 30.5. The molecule has 176 valence electrons. The second-order valence-corrected chi connectivity index (χ2v) is 9.38. The van der Waals surface area contributed by atoms with Gasteiger partial charge in [-0.2, -0.15) is 8.78 Å². The van der Waals surface area contributed by atoms with Gasteiger partial charge in [-0.3, -0.25) is 4.90 Å². The lowest BCUT2D eigenvalue weighted by atomic mass is 9.93. The monoisotopic (exact) mass is 449 g/mol. The number of pyridine rings is 1. The maximum absolute atomic E-state index is 12.6. The third-order valence-electron chi connectivity index (χ3n) is 6.99. The molecule has 2 heterocycles. The van der Waals surface area contributed by atoms with Gasteiger partial charge in [0.2, 0.25) is 0 Å². The Hall–Kier alpha value is -2.26. The fourth-order valence-corrected chi connectivity index (χ4v) is 5.60. The summed E-state index contributed by atoms with van der Waals surface area (Å²) in [7, 11) is 0. The molecule has 3 fully saturated rings. The van der Waals surface area contributed by atoms with Crippen LogP contribution >= 0.6 is 0 Å². The van der Waals surface area contributed by atoms with E-state index in [-0.39, 0.29) is 23.3 Å². The third-order valence-corrected chi connectivity index (χ3v) is 6.99. The lowest BCUT2D eigenvalue weighted by Crippen LogP contribution is -2.46. The first-order valence-electron chi connectivity index (χ1n) is 11.4. The fourth-order valence-electron chi connectivity index (χ4n) is 5.60. The average Bonchev–Trinajstić information content (AvgIpc) is 3.36. The maximum Gasteiger partial charge on any atom is 0.387 e. The first kappa shape index (κ1) is 22.9. The number of alkyl halides is 2. The molecular formula is C23H33F2N5O2. The third kappa shape index (κ3) is 4.73. The van der Waals surface area contributed by atoms with Gasteiger partial charge < -0.3 is 25.9 Å². The molecule has 1 aliphatic heterocycles. The zero-order chi connectivity index (χ0) is 23.0. The van der Waals surface area contributed by atoms with Gasteiger partial charge in [0.25, 0.3) is 0 Å². The molecular weight excluding hydrogens is 416 g/mol. The molecule has 5 atom stereocenters.